The molecule has 7 heteroatoms. The molecule has 2 aromatic rings. The maximum atomic E-state index is 13.5. The van der Waals surface area contributed by atoms with Crippen molar-refractivity contribution < 1.29 is 9.59 Å². The Hall–Kier alpha value is -2.70. The van der Waals surface area contributed by atoms with Crippen LogP contribution in [0.15, 0.2) is 36.7 Å². The Balaban J connectivity index is 1.29. The van der Waals surface area contributed by atoms with E-state index >= 15 is 0 Å². The van der Waals surface area contributed by atoms with Crippen LogP contribution < -0.4 is 10.6 Å². The first-order valence-electron chi connectivity index (χ1n) is 11.5. The van der Waals surface area contributed by atoms with Gasteiger partial charge in [0.2, 0.25) is 11.8 Å². The van der Waals surface area contributed by atoms with Crippen molar-refractivity contribution in [3.8, 4) is 5.69 Å². The van der Waals surface area contributed by atoms with Crippen molar-refractivity contribution >= 4 is 17.5 Å². The van der Waals surface area contributed by atoms with Crippen molar-refractivity contribution in [2.75, 3.05) is 5.32 Å². The second-order valence-corrected chi connectivity index (χ2v) is 10.3. The zero-order valence-electron chi connectivity index (χ0n) is 18.3. The second kappa shape index (κ2) is 7.77. The van der Waals surface area contributed by atoms with E-state index in [4.69, 9.17) is 0 Å². The Kier molecular flexibility index (Phi) is 5.07. The van der Waals surface area contributed by atoms with Crippen LogP contribution in [0.3, 0.4) is 0 Å². The fraction of sp³-hybridized carbons (Fsp3) is 0.583. The molecule has 4 aliphatic carbocycles. The van der Waals surface area contributed by atoms with Gasteiger partial charge in [-0.25, -0.2) is 4.68 Å². The molecule has 1 heterocycles. The summed E-state index contributed by atoms with van der Waals surface area (Å²) < 4.78 is 1.64. The van der Waals surface area contributed by atoms with Crippen molar-refractivity contribution in [2.24, 2.45) is 29.1 Å². The fourth-order valence-electron chi connectivity index (χ4n) is 6.51. The molecule has 6 rings (SSSR count). The molecule has 2 amide bonds. The zero-order chi connectivity index (χ0) is 21.6. The van der Waals surface area contributed by atoms with Gasteiger partial charge in [0.1, 0.15) is 6.04 Å². The molecule has 164 valence electrons. The Morgan fingerprint density at radius 2 is 1.77 bits per heavy atom. The molecule has 4 aliphatic rings. The van der Waals surface area contributed by atoms with Crippen LogP contribution in [0, 0.1) is 29.1 Å². The topological polar surface area (TPSA) is 88.9 Å². The van der Waals surface area contributed by atoms with Crippen LogP contribution in [0.2, 0.25) is 0 Å². The summed E-state index contributed by atoms with van der Waals surface area (Å²) >= 11 is 0. The van der Waals surface area contributed by atoms with Gasteiger partial charge in [-0.1, -0.05) is 25.1 Å². The van der Waals surface area contributed by atoms with E-state index in [9.17, 15) is 9.59 Å². The molecular formula is C24H31N5O2. The van der Waals surface area contributed by atoms with E-state index in [1.165, 1.54) is 19.3 Å². The van der Waals surface area contributed by atoms with E-state index < -0.39 is 6.04 Å². The van der Waals surface area contributed by atoms with Crippen LogP contribution >= 0.6 is 0 Å². The average Bonchev–Trinajstić information content (AvgIpc) is 3.25. The highest BCUT2D eigenvalue weighted by atomic mass is 16.2. The Morgan fingerprint density at radius 3 is 2.35 bits per heavy atom. The molecular weight excluding hydrogens is 390 g/mol. The number of aromatic nitrogens is 3. The first-order chi connectivity index (χ1) is 14.9. The smallest absolute Gasteiger partial charge is 0.247 e. The number of hydrogen-bond acceptors (Lipinski definition) is 4. The standard InChI is InChI=1S/C24H31N5O2/c1-15(2)21(22(30)26-19-4-3-5-20(11-19)29-7-6-25-28-29)27-23(31)24-12-16-8-17(13-24)10-18(9-16)14-24/h3-7,11,15-18,21H,8-10,12-14H2,1-2H3,(H,26,30)(H,27,31)/t16?,17?,18?,21-,24?/m0/s1. The lowest BCUT2D eigenvalue weighted by atomic mass is 9.49. The molecule has 1 aromatic heterocycles. The van der Waals surface area contributed by atoms with Gasteiger partial charge in [0, 0.05) is 11.1 Å². The molecule has 7 nitrogen and oxygen atoms in total. The van der Waals surface area contributed by atoms with E-state index in [2.05, 4.69) is 20.9 Å². The Labute approximate surface area is 183 Å². The molecule has 4 saturated carbocycles. The Morgan fingerprint density at radius 1 is 1.10 bits per heavy atom. The lowest BCUT2D eigenvalue weighted by Gasteiger charge is -2.55. The quantitative estimate of drug-likeness (QED) is 0.746. The van der Waals surface area contributed by atoms with Crippen molar-refractivity contribution in [3.63, 3.8) is 0 Å². The van der Waals surface area contributed by atoms with Gasteiger partial charge in [-0.05, 0) is 80.4 Å². The summed E-state index contributed by atoms with van der Waals surface area (Å²) in [5, 5.41) is 14.0. The molecule has 31 heavy (non-hydrogen) atoms. The maximum Gasteiger partial charge on any atom is 0.247 e. The van der Waals surface area contributed by atoms with Gasteiger partial charge >= 0.3 is 0 Å². The van der Waals surface area contributed by atoms with Crippen molar-refractivity contribution in [2.45, 2.75) is 58.4 Å². The number of nitrogens with one attached hydrogen (secondary N) is 2. The van der Waals surface area contributed by atoms with E-state index in [1.54, 1.807) is 17.1 Å². The number of carbonyl (C=O) groups is 2. The summed E-state index contributed by atoms with van der Waals surface area (Å²) in [5.41, 5.74) is 1.23. The molecule has 0 aliphatic heterocycles. The molecule has 4 bridgehead atoms. The van der Waals surface area contributed by atoms with E-state index in [1.807, 2.05) is 38.1 Å². The zero-order valence-corrected chi connectivity index (χ0v) is 18.3. The van der Waals surface area contributed by atoms with Gasteiger partial charge in [-0.3, -0.25) is 9.59 Å². The predicted molar refractivity (Wildman–Crippen MR) is 117 cm³/mol. The number of benzene rings is 1. The lowest BCUT2D eigenvalue weighted by molar-refractivity contribution is -0.148. The summed E-state index contributed by atoms with van der Waals surface area (Å²) in [7, 11) is 0. The molecule has 0 radical (unpaired) electrons. The van der Waals surface area contributed by atoms with Crippen molar-refractivity contribution in [1.29, 1.82) is 0 Å². The van der Waals surface area contributed by atoms with Crippen LogP contribution in [0.1, 0.15) is 52.4 Å². The van der Waals surface area contributed by atoms with Crippen LogP contribution in [0.25, 0.3) is 5.69 Å². The van der Waals surface area contributed by atoms with Gasteiger partial charge in [0.05, 0.1) is 18.1 Å². The summed E-state index contributed by atoms with van der Waals surface area (Å²) in [6.45, 7) is 3.96. The predicted octanol–water partition coefficient (Wildman–Crippen LogP) is 3.56. The van der Waals surface area contributed by atoms with Crippen molar-refractivity contribution in [1.82, 2.24) is 20.3 Å². The van der Waals surface area contributed by atoms with Crippen LogP contribution in [-0.4, -0.2) is 32.9 Å². The monoisotopic (exact) mass is 421 g/mol. The average molecular weight is 422 g/mol. The molecule has 0 spiro atoms. The van der Waals surface area contributed by atoms with Gasteiger partial charge < -0.3 is 10.6 Å². The number of amides is 2. The minimum atomic E-state index is -0.560. The highest BCUT2D eigenvalue weighted by Gasteiger charge is 2.55. The first kappa shape index (κ1) is 20.2. The van der Waals surface area contributed by atoms with E-state index in [0.717, 1.165) is 24.9 Å². The minimum Gasteiger partial charge on any atom is -0.344 e. The van der Waals surface area contributed by atoms with E-state index in [0.29, 0.717) is 23.4 Å². The second-order valence-electron chi connectivity index (χ2n) is 10.3. The minimum absolute atomic E-state index is 0.00337. The largest absolute Gasteiger partial charge is 0.344 e. The first-order valence-corrected chi connectivity index (χ1v) is 11.5. The van der Waals surface area contributed by atoms with Crippen molar-refractivity contribution in [3.05, 3.63) is 36.7 Å². The summed E-state index contributed by atoms with van der Waals surface area (Å²) in [6, 6.07) is 6.90. The highest BCUT2D eigenvalue weighted by Crippen LogP contribution is 2.60. The summed E-state index contributed by atoms with van der Waals surface area (Å²) in [6.07, 6.45) is 10.2. The molecule has 1 aromatic carbocycles. The molecule has 2 N–H and O–H groups in total. The molecule has 1 atom stereocenters. The van der Waals surface area contributed by atoms with E-state index in [-0.39, 0.29) is 23.1 Å². The number of nitrogens with zero attached hydrogens (tertiary/aromatic N) is 3. The Bertz CT molecular complexity index is 933. The summed E-state index contributed by atoms with van der Waals surface area (Å²) in [4.78, 5) is 26.6. The highest BCUT2D eigenvalue weighted by molar-refractivity contribution is 5.98. The normalized spacial score (nSPS) is 29.7. The lowest BCUT2D eigenvalue weighted by Crippen LogP contribution is -2.57. The van der Waals surface area contributed by atoms with Crippen LogP contribution in [0.4, 0.5) is 5.69 Å². The van der Waals surface area contributed by atoms with Gasteiger partial charge in [-0.15, -0.1) is 5.10 Å². The number of hydrogen-bond donors (Lipinski definition) is 2. The third kappa shape index (κ3) is 3.86. The van der Waals surface area contributed by atoms with Gasteiger partial charge in [-0.2, -0.15) is 0 Å². The van der Waals surface area contributed by atoms with Crippen LogP contribution in [-0.2, 0) is 9.59 Å². The number of carbonyl (C=O) groups excluding carboxylic acids is 2. The maximum absolute atomic E-state index is 13.5. The van der Waals surface area contributed by atoms with Gasteiger partial charge in [0.15, 0.2) is 0 Å². The SMILES string of the molecule is CC(C)[C@H](NC(=O)C12CC3CC(CC(C3)C1)C2)C(=O)Nc1cccc(-n2ccnn2)c1. The molecule has 0 saturated heterocycles. The molecule has 0 unspecified atom stereocenters. The molecule has 4 fully saturated rings. The van der Waals surface area contributed by atoms with Gasteiger partial charge in [0.25, 0.3) is 0 Å². The number of anilines is 1. The van der Waals surface area contributed by atoms with Crippen LogP contribution in [0.5, 0.6) is 0 Å². The fourth-order valence-corrected chi connectivity index (χ4v) is 6.51. The summed E-state index contributed by atoms with van der Waals surface area (Å²) in [5.74, 6) is 2.01. The number of rotatable bonds is 6. The third-order valence-electron chi connectivity index (χ3n) is 7.56. The third-order valence-corrected chi connectivity index (χ3v) is 7.56.